The number of nitrogens with one attached hydrogen (secondary N) is 1. The number of hydrogen-bond acceptors (Lipinski definition) is 3. The molecule has 1 aliphatic carbocycles. The fourth-order valence-electron chi connectivity index (χ4n) is 2.02. The second kappa shape index (κ2) is 8.39. The fraction of sp³-hybridized carbons (Fsp3) is 0.917. The lowest BCUT2D eigenvalue weighted by molar-refractivity contribution is 0.0817. The molecule has 3 N–H and O–H groups in total. The van der Waals surface area contributed by atoms with Crippen LogP contribution in [-0.4, -0.2) is 25.3 Å². The molecule has 0 unspecified atom stereocenters. The smallest absolute Gasteiger partial charge is 0.407 e. The minimum absolute atomic E-state index is 0.123. The van der Waals surface area contributed by atoms with Crippen molar-refractivity contribution in [3.8, 4) is 0 Å². The Kier molecular flexibility index (Phi) is 6.97. The largest absolute Gasteiger partial charge is 0.446 e. The maximum atomic E-state index is 11.4. The molecule has 0 spiro atoms. The van der Waals surface area contributed by atoms with Gasteiger partial charge in [0.05, 0.1) is 0 Å². The van der Waals surface area contributed by atoms with Crippen molar-refractivity contribution >= 4 is 6.09 Å². The summed E-state index contributed by atoms with van der Waals surface area (Å²) in [5.74, 6) is 0. The molecular formula is C12H24N2O2. The fourth-order valence-corrected chi connectivity index (χ4v) is 2.02. The maximum absolute atomic E-state index is 11.4. The van der Waals surface area contributed by atoms with Gasteiger partial charge in [0.2, 0.25) is 0 Å². The van der Waals surface area contributed by atoms with Crippen molar-refractivity contribution in [2.75, 3.05) is 13.1 Å². The number of carbonyl (C=O) groups excluding carboxylic acids is 1. The highest BCUT2D eigenvalue weighted by Crippen LogP contribution is 2.19. The van der Waals surface area contributed by atoms with E-state index in [1.54, 1.807) is 0 Å². The molecule has 0 bridgehead atoms. The minimum Gasteiger partial charge on any atom is -0.446 e. The summed E-state index contributed by atoms with van der Waals surface area (Å²) in [6.07, 6.45) is 8.92. The highest BCUT2D eigenvalue weighted by molar-refractivity contribution is 5.67. The normalized spacial score (nSPS) is 18.6. The Morgan fingerprint density at radius 3 is 2.44 bits per heavy atom. The van der Waals surface area contributed by atoms with Crippen LogP contribution in [0.4, 0.5) is 4.79 Å². The molecular weight excluding hydrogens is 204 g/mol. The molecule has 0 radical (unpaired) electrons. The van der Waals surface area contributed by atoms with Gasteiger partial charge in [-0.2, -0.15) is 0 Å². The van der Waals surface area contributed by atoms with Crippen LogP contribution in [0.1, 0.15) is 51.4 Å². The van der Waals surface area contributed by atoms with Gasteiger partial charge in [-0.25, -0.2) is 4.79 Å². The standard InChI is InChI=1S/C12H24N2O2/c13-9-6-10-14-12(15)16-11-7-4-2-1-3-5-8-11/h11H,1-10,13H2,(H,14,15). The van der Waals surface area contributed by atoms with Crippen molar-refractivity contribution in [1.82, 2.24) is 5.32 Å². The molecule has 16 heavy (non-hydrogen) atoms. The van der Waals surface area contributed by atoms with E-state index in [2.05, 4.69) is 5.32 Å². The van der Waals surface area contributed by atoms with Gasteiger partial charge in [-0.3, -0.25) is 0 Å². The molecule has 0 heterocycles. The third kappa shape index (κ3) is 5.95. The molecule has 4 heteroatoms. The van der Waals surface area contributed by atoms with Gasteiger partial charge in [0.25, 0.3) is 0 Å². The van der Waals surface area contributed by atoms with Crippen LogP contribution in [0.5, 0.6) is 0 Å². The van der Waals surface area contributed by atoms with E-state index in [-0.39, 0.29) is 12.2 Å². The zero-order chi connectivity index (χ0) is 11.6. The lowest BCUT2D eigenvalue weighted by Crippen LogP contribution is -2.30. The Hall–Kier alpha value is -0.770. The number of rotatable bonds is 4. The van der Waals surface area contributed by atoms with Crippen LogP contribution in [0.2, 0.25) is 0 Å². The minimum atomic E-state index is -0.279. The summed E-state index contributed by atoms with van der Waals surface area (Å²) in [6, 6.07) is 0. The predicted octanol–water partition coefficient (Wildman–Crippen LogP) is 2.17. The third-order valence-corrected chi connectivity index (χ3v) is 2.98. The summed E-state index contributed by atoms with van der Waals surface area (Å²) in [5.41, 5.74) is 5.34. The SMILES string of the molecule is NCCCNC(=O)OC1CCCCCCC1. The molecule has 1 fully saturated rings. The molecule has 0 atom stereocenters. The van der Waals surface area contributed by atoms with E-state index in [0.29, 0.717) is 13.1 Å². The Bertz CT molecular complexity index is 189. The van der Waals surface area contributed by atoms with Crippen LogP contribution in [0, 0.1) is 0 Å². The van der Waals surface area contributed by atoms with E-state index >= 15 is 0 Å². The summed E-state index contributed by atoms with van der Waals surface area (Å²) in [5, 5.41) is 2.73. The summed E-state index contributed by atoms with van der Waals surface area (Å²) in [7, 11) is 0. The number of alkyl carbamates (subject to hydrolysis) is 1. The maximum Gasteiger partial charge on any atom is 0.407 e. The molecule has 0 aromatic carbocycles. The molecule has 94 valence electrons. The highest BCUT2D eigenvalue weighted by atomic mass is 16.6. The van der Waals surface area contributed by atoms with E-state index in [4.69, 9.17) is 10.5 Å². The highest BCUT2D eigenvalue weighted by Gasteiger charge is 2.15. The van der Waals surface area contributed by atoms with E-state index < -0.39 is 0 Å². The van der Waals surface area contributed by atoms with Crippen molar-refractivity contribution in [2.45, 2.75) is 57.5 Å². The Morgan fingerprint density at radius 1 is 1.19 bits per heavy atom. The Morgan fingerprint density at radius 2 is 1.81 bits per heavy atom. The van der Waals surface area contributed by atoms with Crippen LogP contribution in [0.3, 0.4) is 0 Å². The topological polar surface area (TPSA) is 64.3 Å². The third-order valence-electron chi connectivity index (χ3n) is 2.98. The number of ether oxygens (including phenoxy) is 1. The number of amides is 1. The summed E-state index contributed by atoms with van der Waals surface area (Å²) >= 11 is 0. The molecule has 0 aromatic heterocycles. The molecule has 0 saturated heterocycles. The van der Waals surface area contributed by atoms with Crippen molar-refractivity contribution in [3.05, 3.63) is 0 Å². The van der Waals surface area contributed by atoms with Crippen LogP contribution in [-0.2, 0) is 4.74 Å². The van der Waals surface area contributed by atoms with E-state index in [9.17, 15) is 4.79 Å². The number of nitrogens with two attached hydrogens (primary N) is 1. The van der Waals surface area contributed by atoms with Gasteiger partial charge >= 0.3 is 6.09 Å². The average Bonchev–Trinajstić information content (AvgIpc) is 2.22. The number of carbonyl (C=O) groups is 1. The first-order valence-electron chi connectivity index (χ1n) is 6.47. The Labute approximate surface area is 97.9 Å². The second-order valence-corrected chi connectivity index (χ2v) is 4.44. The first-order chi connectivity index (χ1) is 7.83. The molecule has 1 amide bonds. The first-order valence-corrected chi connectivity index (χ1v) is 6.47. The van der Waals surface area contributed by atoms with E-state index in [1.807, 2.05) is 0 Å². The van der Waals surface area contributed by atoms with Gasteiger partial charge in [0, 0.05) is 6.54 Å². The molecule has 1 saturated carbocycles. The van der Waals surface area contributed by atoms with Gasteiger partial charge in [-0.1, -0.05) is 19.3 Å². The molecule has 0 aromatic rings. The lowest BCUT2D eigenvalue weighted by atomic mass is 9.99. The lowest BCUT2D eigenvalue weighted by Gasteiger charge is -2.20. The van der Waals surface area contributed by atoms with Gasteiger partial charge in [-0.05, 0) is 38.6 Å². The number of hydrogen-bond donors (Lipinski definition) is 2. The van der Waals surface area contributed by atoms with Crippen LogP contribution >= 0.6 is 0 Å². The molecule has 1 rings (SSSR count). The van der Waals surface area contributed by atoms with E-state index in [0.717, 1.165) is 19.3 Å². The van der Waals surface area contributed by atoms with Crippen molar-refractivity contribution in [3.63, 3.8) is 0 Å². The monoisotopic (exact) mass is 228 g/mol. The molecule has 4 nitrogen and oxygen atoms in total. The average molecular weight is 228 g/mol. The van der Waals surface area contributed by atoms with Gasteiger partial charge < -0.3 is 15.8 Å². The predicted molar refractivity (Wildman–Crippen MR) is 64.3 cm³/mol. The van der Waals surface area contributed by atoms with Crippen molar-refractivity contribution < 1.29 is 9.53 Å². The van der Waals surface area contributed by atoms with Crippen molar-refractivity contribution in [1.29, 1.82) is 0 Å². The van der Waals surface area contributed by atoms with Crippen LogP contribution < -0.4 is 11.1 Å². The van der Waals surface area contributed by atoms with Crippen LogP contribution in [0.25, 0.3) is 0 Å². The van der Waals surface area contributed by atoms with Crippen LogP contribution in [0.15, 0.2) is 0 Å². The Balaban J connectivity index is 2.14. The van der Waals surface area contributed by atoms with Crippen molar-refractivity contribution in [2.24, 2.45) is 5.73 Å². The zero-order valence-corrected chi connectivity index (χ0v) is 10.0. The quantitative estimate of drug-likeness (QED) is 0.725. The van der Waals surface area contributed by atoms with Gasteiger partial charge in [-0.15, -0.1) is 0 Å². The second-order valence-electron chi connectivity index (χ2n) is 4.44. The summed E-state index contributed by atoms with van der Waals surface area (Å²) in [6.45, 7) is 1.21. The zero-order valence-electron chi connectivity index (χ0n) is 10.0. The first kappa shape index (κ1) is 13.3. The van der Waals surface area contributed by atoms with Gasteiger partial charge in [0.1, 0.15) is 6.10 Å². The summed E-state index contributed by atoms with van der Waals surface area (Å²) < 4.78 is 5.38. The van der Waals surface area contributed by atoms with E-state index in [1.165, 1.54) is 32.1 Å². The summed E-state index contributed by atoms with van der Waals surface area (Å²) in [4.78, 5) is 11.4. The molecule has 1 aliphatic rings. The van der Waals surface area contributed by atoms with Gasteiger partial charge in [0.15, 0.2) is 0 Å². The molecule has 0 aliphatic heterocycles.